The quantitative estimate of drug-likeness (QED) is 0.492. The molecule has 0 unspecified atom stereocenters. The summed E-state index contributed by atoms with van der Waals surface area (Å²) in [5, 5.41) is 12.0. The summed E-state index contributed by atoms with van der Waals surface area (Å²) in [6.07, 6.45) is -0.0857. The molecule has 1 saturated heterocycles. The van der Waals surface area contributed by atoms with Gasteiger partial charge in [-0.3, -0.25) is 4.90 Å². The second kappa shape index (κ2) is 5.80. The Bertz CT molecular complexity index is 378. The lowest BCUT2D eigenvalue weighted by molar-refractivity contribution is 0.00175. The van der Waals surface area contributed by atoms with E-state index in [-0.39, 0.29) is 6.10 Å². The molecule has 0 amide bonds. The predicted molar refractivity (Wildman–Crippen MR) is 66.4 cm³/mol. The average Bonchev–Trinajstić information content (AvgIpc) is 2.39. The number of hydrogen-bond acceptors (Lipinski definition) is 4. The van der Waals surface area contributed by atoms with E-state index in [9.17, 15) is 0 Å². The van der Waals surface area contributed by atoms with Crippen molar-refractivity contribution >= 4 is 5.71 Å². The molecule has 0 saturated carbocycles. The van der Waals surface area contributed by atoms with Crippen molar-refractivity contribution in [3.05, 3.63) is 35.9 Å². The maximum absolute atomic E-state index is 8.75. The Morgan fingerprint density at radius 2 is 2.24 bits per heavy atom. The van der Waals surface area contributed by atoms with Crippen LogP contribution in [0, 0.1) is 0 Å². The van der Waals surface area contributed by atoms with Crippen LogP contribution in [0.25, 0.3) is 0 Å². The zero-order valence-corrected chi connectivity index (χ0v) is 10.0. The van der Waals surface area contributed by atoms with Crippen LogP contribution in [0.15, 0.2) is 35.5 Å². The van der Waals surface area contributed by atoms with Gasteiger partial charge in [0.25, 0.3) is 0 Å². The van der Waals surface area contributed by atoms with E-state index in [0.29, 0.717) is 12.3 Å². The van der Waals surface area contributed by atoms with Crippen molar-refractivity contribution in [1.82, 2.24) is 4.90 Å². The van der Waals surface area contributed by atoms with Crippen LogP contribution in [-0.2, 0) is 11.3 Å². The molecule has 0 spiro atoms. The molecule has 92 valence electrons. The van der Waals surface area contributed by atoms with Crippen molar-refractivity contribution in [2.75, 3.05) is 19.7 Å². The Morgan fingerprint density at radius 1 is 1.47 bits per heavy atom. The van der Waals surface area contributed by atoms with Gasteiger partial charge in [-0.05, 0) is 12.5 Å². The number of rotatable bonds is 3. The average molecular weight is 234 g/mol. The number of nitrogens with zero attached hydrogens (tertiary/aromatic N) is 2. The Balaban J connectivity index is 1.94. The van der Waals surface area contributed by atoms with E-state index in [0.717, 1.165) is 19.6 Å². The highest BCUT2D eigenvalue weighted by Crippen LogP contribution is 2.11. The molecule has 1 atom stereocenters. The lowest BCUT2D eigenvalue weighted by Crippen LogP contribution is -2.44. The highest BCUT2D eigenvalue weighted by molar-refractivity contribution is 5.86. The molecule has 1 aliphatic rings. The van der Waals surface area contributed by atoms with Gasteiger partial charge in [0.05, 0.1) is 12.3 Å². The first-order valence-corrected chi connectivity index (χ1v) is 5.86. The molecule has 4 nitrogen and oxygen atoms in total. The topological polar surface area (TPSA) is 45.1 Å². The molecule has 0 bridgehead atoms. The van der Waals surface area contributed by atoms with Crippen molar-refractivity contribution in [3.8, 4) is 0 Å². The second-order valence-corrected chi connectivity index (χ2v) is 4.32. The van der Waals surface area contributed by atoms with Crippen LogP contribution < -0.4 is 0 Å². The Morgan fingerprint density at radius 3 is 2.94 bits per heavy atom. The van der Waals surface area contributed by atoms with E-state index in [1.165, 1.54) is 5.56 Å². The van der Waals surface area contributed by atoms with Gasteiger partial charge in [0, 0.05) is 19.6 Å². The zero-order chi connectivity index (χ0) is 12.1. The Hall–Kier alpha value is -1.39. The summed E-state index contributed by atoms with van der Waals surface area (Å²) < 4.78 is 5.57. The molecule has 0 radical (unpaired) electrons. The van der Waals surface area contributed by atoms with Gasteiger partial charge in [0.2, 0.25) is 0 Å². The standard InChI is InChI=1S/C13H18N2O2/c1-11(14-16)13-10-15(7-8-17-13)9-12-5-3-2-4-6-12/h2-6,13,16H,7-10H2,1H3/t13-/m1/s1. The van der Waals surface area contributed by atoms with Crippen LogP contribution in [0.5, 0.6) is 0 Å². The lowest BCUT2D eigenvalue weighted by Gasteiger charge is -2.32. The van der Waals surface area contributed by atoms with Gasteiger partial charge in [-0.25, -0.2) is 0 Å². The predicted octanol–water partition coefficient (Wildman–Crippen LogP) is 1.74. The van der Waals surface area contributed by atoms with Crippen LogP contribution in [-0.4, -0.2) is 41.6 Å². The third-order valence-electron chi connectivity index (χ3n) is 3.02. The molecule has 0 aliphatic carbocycles. The maximum Gasteiger partial charge on any atom is 0.111 e. The molecule has 1 heterocycles. The highest BCUT2D eigenvalue weighted by atomic mass is 16.5. The summed E-state index contributed by atoms with van der Waals surface area (Å²) in [4.78, 5) is 2.32. The molecular formula is C13H18N2O2. The normalized spacial score (nSPS) is 22.6. The number of hydrogen-bond donors (Lipinski definition) is 1. The number of benzene rings is 1. The summed E-state index contributed by atoms with van der Waals surface area (Å²) in [6, 6.07) is 10.4. The van der Waals surface area contributed by atoms with Crippen molar-refractivity contribution < 1.29 is 9.94 Å². The fourth-order valence-corrected chi connectivity index (χ4v) is 2.00. The number of morpholine rings is 1. The molecule has 2 rings (SSSR count). The number of oxime groups is 1. The molecule has 1 N–H and O–H groups in total. The van der Waals surface area contributed by atoms with Crippen molar-refractivity contribution in [1.29, 1.82) is 0 Å². The monoisotopic (exact) mass is 234 g/mol. The smallest absolute Gasteiger partial charge is 0.111 e. The first-order valence-electron chi connectivity index (χ1n) is 5.86. The van der Waals surface area contributed by atoms with E-state index in [1.807, 2.05) is 18.2 Å². The minimum Gasteiger partial charge on any atom is -0.411 e. The van der Waals surface area contributed by atoms with Gasteiger partial charge >= 0.3 is 0 Å². The van der Waals surface area contributed by atoms with Crippen LogP contribution in [0.4, 0.5) is 0 Å². The van der Waals surface area contributed by atoms with Gasteiger partial charge in [-0.15, -0.1) is 0 Å². The summed E-state index contributed by atoms with van der Waals surface area (Å²) in [7, 11) is 0. The Labute approximate surface area is 101 Å². The van der Waals surface area contributed by atoms with Crippen LogP contribution in [0.1, 0.15) is 12.5 Å². The van der Waals surface area contributed by atoms with Gasteiger partial charge in [0.1, 0.15) is 6.10 Å². The van der Waals surface area contributed by atoms with E-state index in [1.54, 1.807) is 6.92 Å². The molecule has 17 heavy (non-hydrogen) atoms. The highest BCUT2D eigenvalue weighted by Gasteiger charge is 2.22. The SMILES string of the molecule is CC(=NO)[C@H]1CN(Cc2ccccc2)CCO1. The van der Waals surface area contributed by atoms with Crippen LogP contribution in [0.2, 0.25) is 0 Å². The third-order valence-corrected chi connectivity index (χ3v) is 3.02. The van der Waals surface area contributed by atoms with Gasteiger partial charge in [0.15, 0.2) is 0 Å². The fraction of sp³-hybridized carbons (Fsp3) is 0.462. The summed E-state index contributed by atoms with van der Waals surface area (Å²) in [5.74, 6) is 0. The second-order valence-electron chi connectivity index (χ2n) is 4.32. The van der Waals surface area contributed by atoms with E-state index < -0.39 is 0 Å². The molecule has 1 aromatic carbocycles. The van der Waals surface area contributed by atoms with E-state index in [4.69, 9.17) is 9.94 Å². The van der Waals surface area contributed by atoms with Crippen molar-refractivity contribution in [3.63, 3.8) is 0 Å². The molecule has 1 fully saturated rings. The summed E-state index contributed by atoms with van der Waals surface area (Å²) in [5.41, 5.74) is 1.94. The molecule has 1 aliphatic heterocycles. The number of ether oxygens (including phenoxy) is 1. The minimum absolute atomic E-state index is 0.0857. The summed E-state index contributed by atoms with van der Waals surface area (Å²) in [6.45, 7) is 5.09. The Kier molecular flexibility index (Phi) is 4.12. The van der Waals surface area contributed by atoms with Gasteiger partial charge in [-0.1, -0.05) is 35.5 Å². The fourth-order valence-electron chi connectivity index (χ4n) is 2.00. The van der Waals surface area contributed by atoms with Crippen molar-refractivity contribution in [2.45, 2.75) is 19.6 Å². The third kappa shape index (κ3) is 3.28. The lowest BCUT2D eigenvalue weighted by atomic mass is 10.1. The molecule has 0 aromatic heterocycles. The van der Waals surface area contributed by atoms with Crippen molar-refractivity contribution in [2.24, 2.45) is 5.16 Å². The largest absolute Gasteiger partial charge is 0.411 e. The molecule has 4 heteroatoms. The maximum atomic E-state index is 8.75. The summed E-state index contributed by atoms with van der Waals surface area (Å²) >= 11 is 0. The van der Waals surface area contributed by atoms with E-state index >= 15 is 0 Å². The first kappa shape index (κ1) is 12.1. The first-order chi connectivity index (χ1) is 8.29. The van der Waals surface area contributed by atoms with E-state index in [2.05, 4.69) is 22.2 Å². The molecular weight excluding hydrogens is 216 g/mol. The zero-order valence-electron chi connectivity index (χ0n) is 10.0. The van der Waals surface area contributed by atoms with Gasteiger partial charge in [-0.2, -0.15) is 0 Å². The minimum atomic E-state index is -0.0857. The van der Waals surface area contributed by atoms with Gasteiger partial charge < -0.3 is 9.94 Å². The van der Waals surface area contributed by atoms with Crippen LogP contribution >= 0.6 is 0 Å². The van der Waals surface area contributed by atoms with Crippen LogP contribution in [0.3, 0.4) is 0 Å². The molecule has 1 aromatic rings.